The molecule has 0 aliphatic rings. The van der Waals surface area contributed by atoms with Crippen molar-refractivity contribution in [3.8, 4) is 5.75 Å². The van der Waals surface area contributed by atoms with E-state index in [-0.39, 0.29) is 5.91 Å². The zero-order chi connectivity index (χ0) is 15.4. The van der Waals surface area contributed by atoms with Crippen LogP contribution in [0.5, 0.6) is 5.75 Å². The Hall–Kier alpha value is -2.08. The number of nitrogens with zero attached hydrogens (tertiary/aromatic N) is 1. The number of aryl methyl sites for hydroxylation is 2. The molecule has 1 amide bonds. The summed E-state index contributed by atoms with van der Waals surface area (Å²) in [6.07, 6.45) is 0. The first kappa shape index (κ1) is 15.3. The van der Waals surface area contributed by atoms with Crippen molar-refractivity contribution >= 4 is 28.6 Å². The number of rotatable bonds is 5. The number of amides is 1. The Kier molecular flexibility index (Phi) is 4.80. The van der Waals surface area contributed by atoms with E-state index in [1.807, 2.05) is 32.0 Å². The fraction of sp³-hybridized carbons (Fsp3) is 0.333. The van der Waals surface area contributed by atoms with Crippen molar-refractivity contribution in [3.63, 3.8) is 0 Å². The molecule has 0 spiro atoms. The molecule has 6 heteroatoms. The number of benzene rings is 1. The largest absolute Gasteiger partial charge is 0.494 e. The van der Waals surface area contributed by atoms with Crippen molar-refractivity contribution in [2.75, 3.05) is 17.7 Å². The van der Waals surface area contributed by atoms with E-state index >= 15 is 0 Å². The highest BCUT2D eigenvalue weighted by Crippen LogP contribution is 2.28. The van der Waals surface area contributed by atoms with E-state index < -0.39 is 0 Å². The van der Waals surface area contributed by atoms with Crippen LogP contribution < -0.4 is 15.4 Å². The lowest BCUT2D eigenvalue weighted by Crippen LogP contribution is -2.07. The molecule has 1 heterocycles. The summed E-state index contributed by atoms with van der Waals surface area (Å²) in [6, 6.07) is 5.61. The molecule has 0 atom stereocenters. The fourth-order valence-corrected chi connectivity index (χ4v) is 2.89. The summed E-state index contributed by atoms with van der Waals surface area (Å²) in [5.41, 5.74) is 2.67. The topological polar surface area (TPSA) is 63.2 Å². The Morgan fingerprint density at radius 2 is 2.14 bits per heavy atom. The number of hydrogen-bond donors (Lipinski definition) is 2. The molecule has 2 rings (SSSR count). The second-order valence-corrected chi connectivity index (χ2v) is 5.98. The Labute approximate surface area is 128 Å². The number of hydrogen-bond acceptors (Lipinski definition) is 5. The maximum atomic E-state index is 11.1. The van der Waals surface area contributed by atoms with Gasteiger partial charge >= 0.3 is 0 Å². The minimum absolute atomic E-state index is 0.121. The van der Waals surface area contributed by atoms with Crippen LogP contribution >= 0.6 is 11.3 Å². The molecule has 2 aromatic rings. The molecule has 0 saturated heterocycles. The smallest absolute Gasteiger partial charge is 0.221 e. The van der Waals surface area contributed by atoms with Crippen LogP contribution in [0, 0.1) is 13.8 Å². The van der Waals surface area contributed by atoms with Crippen molar-refractivity contribution in [1.82, 2.24) is 4.98 Å². The first-order valence-electron chi connectivity index (χ1n) is 6.62. The van der Waals surface area contributed by atoms with Crippen LogP contribution in [0.25, 0.3) is 0 Å². The number of nitrogens with one attached hydrogen (secondary N) is 2. The van der Waals surface area contributed by atoms with Gasteiger partial charge in [-0.05, 0) is 26.0 Å². The van der Waals surface area contributed by atoms with Gasteiger partial charge in [0.25, 0.3) is 0 Å². The predicted octanol–water partition coefficient (Wildman–Crippen LogP) is 3.34. The molecule has 0 aliphatic carbocycles. The molecule has 0 unspecified atom stereocenters. The van der Waals surface area contributed by atoms with E-state index in [2.05, 4.69) is 15.6 Å². The molecule has 1 aromatic heterocycles. The van der Waals surface area contributed by atoms with Gasteiger partial charge in [-0.1, -0.05) is 0 Å². The summed E-state index contributed by atoms with van der Waals surface area (Å²) in [5.74, 6) is 0.511. The maximum Gasteiger partial charge on any atom is 0.221 e. The average Bonchev–Trinajstić information content (AvgIpc) is 2.75. The fourth-order valence-electron chi connectivity index (χ4n) is 2.01. The SMILES string of the molecule is COc1cc(NCc2sc(C)nc2C)ccc1NC(C)=O. The maximum absolute atomic E-state index is 11.1. The lowest BCUT2D eigenvalue weighted by Gasteiger charge is -2.12. The van der Waals surface area contributed by atoms with E-state index in [0.29, 0.717) is 11.4 Å². The summed E-state index contributed by atoms with van der Waals surface area (Å²) < 4.78 is 5.30. The zero-order valence-corrected chi connectivity index (χ0v) is 13.4. The van der Waals surface area contributed by atoms with Crippen LogP contribution in [0.4, 0.5) is 11.4 Å². The third-order valence-electron chi connectivity index (χ3n) is 2.96. The number of ether oxygens (including phenoxy) is 1. The number of methoxy groups -OCH3 is 1. The third-order valence-corrected chi connectivity index (χ3v) is 4.04. The highest BCUT2D eigenvalue weighted by atomic mass is 32.1. The number of carbonyl (C=O) groups excluding carboxylic acids is 1. The van der Waals surface area contributed by atoms with Gasteiger partial charge in [0.15, 0.2) is 0 Å². The monoisotopic (exact) mass is 305 g/mol. The van der Waals surface area contributed by atoms with Gasteiger partial charge in [-0.3, -0.25) is 4.79 Å². The van der Waals surface area contributed by atoms with Gasteiger partial charge in [0.2, 0.25) is 5.91 Å². The molecule has 0 saturated carbocycles. The highest BCUT2D eigenvalue weighted by molar-refractivity contribution is 7.11. The van der Waals surface area contributed by atoms with Gasteiger partial charge in [-0.2, -0.15) is 0 Å². The summed E-state index contributed by atoms with van der Waals surface area (Å²) in [7, 11) is 1.58. The van der Waals surface area contributed by atoms with Gasteiger partial charge in [-0.25, -0.2) is 4.98 Å². The van der Waals surface area contributed by atoms with E-state index in [0.717, 1.165) is 22.9 Å². The van der Waals surface area contributed by atoms with Crippen molar-refractivity contribution in [3.05, 3.63) is 33.8 Å². The Balaban J connectivity index is 2.10. The van der Waals surface area contributed by atoms with Gasteiger partial charge in [0.1, 0.15) is 5.75 Å². The molecule has 0 bridgehead atoms. The van der Waals surface area contributed by atoms with E-state index in [9.17, 15) is 4.79 Å². The average molecular weight is 305 g/mol. The van der Waals surface area contributed by atoms with Crippen molar-refractivity contribution in [2.45, 2.75) is 27.3 Å². The number of aromatic nitrogens is 1. The summed E-state index contributed by atoms with van der Waals surface area (Å²) in [4.78, 5) is 16.8. The van der Waals surface area contributed by atoms with Crippen molar-refractivity contribution in [1.29, 1.82) is 0 Å². The van der Waals surface area contributed by atoms with Crippen molar-refractivity contribution < 1.29 is 9.53 Å². The van der Waals surface area contributed by atoms with Crippen LogP contribution in [0.3, 0.4) is 0 Å². The van der Waals surface area contributed by atoms with E-state index in [1.165, 1.54) is 11.8 Å². The number of thiazole rings is 1. The van der Waals surface area contributed by atoms with E-state index in [1.54, 1.807) is 18.4 Å². The van der Waals surface area contributed by atoms with Gasteiger partial charge in [0, 0.05) is 23.6 Å². The van der Waals surface area contributed by atoms with Crippen LogP contribution in [0.15, 0.2) is 18.2 Å². The molecule has 21 heavy (non-hydrogen) atoms. The Morgan fingerprint density at radius 3 is 2.71 bits per heavy atom. The molecule has 112 valence electrons. The normalized spacial score (nSPS) is 10.3. The lowest BCUT2D eigenvalue weighted by molar-refractivity contribution is -0.114. The second kappa shape index (κ2) is 6.58. The first-order chi connectivity index (χ1) is 9.99. The molecule has 2 N–H and O–H groups in total. The number of carbonyl (C=O) groups is 1. The molecule has 0 aliphatic heterocycles. The van der Waals surface area contributed by atoms with Gasteiger partial charge < -0.3 is 15.4 Å². The molecular formula is C15H19N3O2S. The van der Waals surface area contributed by atoms with Gasteiger partial charge in [-0.15, -0.1) is 11.3 Å². The highest BCUT2D eigenvalue weighted by Gasteiger charge is 2.08. The lowest BCUT2D eigenvalue weighted by atomic mass is 10.2. The summed E-state index contributed by atoms with van der Waals surface area (Å²) in [5, 5.41) is 7.16. The molecular weight excluding hydrogens is 286 g/mol. The third kappa shape index (κ3) is 3.95. The quantitative estimate of drug-likeness (QED) is 0.889. The molecule has 1 aromatic carbocycles. The van der Waals surface area contributed by atoms with Crippen LogP contribution in [0.2, 0.25) is 0 Å². The van der Waals surface area contributed by atoms with Crippen LogP contribution in [-0.2, 0) is 11.3 Å². The molecule has 5 nitrogen and oxygen atoms in total. The molecule has 0 radical (unpaired) electrons. The standard InChI is InChI=1S/C15H19N3O2S/c1-9-15(21-11(3)17-9)8-16-12-5-6-13(18-10(2)19)14(7-12)20-4/h5-7,16H,8H2,1-4H3,(H,18,19). The predicted molar refractivity (Wildman–Crippen MR) is 86.2 cm³/mol. The minimum Gasteiger partial charge on any atom is -0.494 e. The molecule has 0 fully saturated rings. The van der Waals surface area contributed by atoms with E-state index in [4.69, 9.17) is 4.74 Å². The van der Waals surface area contributed by atoms with Crippen molar-refractivity contribution in [2.24, 2.45) is 0 Å². The second-order valence-electron chi connectivity index (χ2n) is 4.69. The summed E-state index contributed by atoms with van der Waals surface area (Å²) in [6.45, 7) is 6.22. The summed E-state index contributed by atoms with van der Waals surface area (Å²) >= 11 is 1.69. The van der Waals surface area contributed by atoms with Crippen LogP contribution in [-0.4, -0.2) is 18.0 Å². The number of anilines is 2. The Morgan fingerprint density at radius 1 is 1.38 bits per heavy atom. The minimum atomic E-state index is -0.121. The van der Waals surface area contributed by atoms with Crippen LogP contribution in [0.1, 0.15) is 22.5 Å². The van der Waals surface area contributed by atoms with Gasteiger partial charge in [0.05, 0.1) is 30.0 Å². The zero-order valence-electron chi connectivity index (χ0n) is 12.6. The first-order valence-corrected chi connectivity index (χ1v) is 7.43. The Bertz CT molecular complexity index is 652.